The van der Waals surface area contributed by atoms with Crippen molar-refractivity contribution >= 4 is 39.4 Å². The van der Waals surface area contributed by atoms with Gasteiger partial charge in [-0.3, -0.25) is 4.79 Å². The molecule has 1 aliphatic rings. The Bertz CT molecular complexity index is 941. The monoisotopic (exact) mass is 354 g/mol. The number of thioether (sulfide) groups is 1. The van der Waals surface area contributed by atoms with Gasteiger partial charge in [-0.1, -0.05) is 54.2 Å². The SMILES string of the molecule is O=c1[nH]c(SC/C=C/c2ccccc2)nc2sc3c(c12)CCCC3. The third kappa shape index (κ3) is 3.19. The molecule has 24 heavy (non-hydrogen) atoms. The van der Waals surface area contributed by atoms with Crippen LogP contribution < -0.4 is 5.56 Å². The maximum absolute atomic E-state index is 12.5. The van der Waals surface area contributed by atoms with Gasteiger partial charge in [-0.15, -0.1) is 11.3 Å². The maximum Gasteiger partial charge on any atom is 0.260 e. The Hall–Kier alpha value is -1.85. The molecule has 0 saturated carbocycles. The van der Waals surface area contributed by atoms with E-state index in [1.807, 2.05) is 18.2 Å². The molecule has 5 heteroatoms. The van der Waals surface area contributed by atoms with E-state index in [4.69, 9.17) is 0 Å². The molecule has 1 aliphatic carbocycles. The van der Waals surface area contributed by atoms with Crippen molar-refractivity contribution in [3.8, 4) is 0 Å². The second kappa shape index (κ2) is 6.95. The molecule has 122 valence electrons. The third-order valence-corrected chi connectivity index (χ3v) is 6.24. The summed E-state index contributed by atoms with van der Waals surface area (Å²) in [6.45, 7) is 0. The first-order valence-electron chi connectivity index (χ1n) is 8.20. The lowest BCUT2D eigenvalue weighted by atomic mass is 9.97. The molecule has 2 aromatic heterocycles. The molecule has 0 amide bonds. The van der Waals surface area contributed by atoms with Gasteiger partial charge in [-0.25, -0.2) is 4.98 Å². The first kappa shape index (κ1) is 15.7. The molecule has 0 fully saturated rings. The molecular weight excluding hydrogens is 336 g/mol. The highest BCUT2D eigenvalue weighted by Gasteiger charge is 2.19. The Morgan fingerprint density at radius 2 is 2.04 bits per heavy atom. The molecular formula is C19H18N2OS2. The average molecular weight is 355 g/mol. The summed E-state index contributed by atoms with van der Waals surface area (Å²) < 4.78 is 0. The lowest BCUT2D eigenvalue weighted by Crippen LogP contribution is -2.10. The van der Waals surface area contributed by atoms with Gasteiger partial charge in [-0.2, -0.15) is 0 Å². The number of rotatable bonds is 4. The van der Waals surface area contributed by atoms with Crippen molar-refractivity contribution in [3.63, 3.8) is 0 Å². The lowest BCUT2D eigenvalue weighted by Gasteiger charge is -2.09. The van der Waals surface area contributed by atoms with Gasteiger partial charge in [0.1, 0.15) is 4.83 Å². The first-order chi connectivity index (χ1) is 11.8. The standard InChI is InChI=1S/C19H18N2OS2/c22-17-16-14-10-4-5-11-15(14)24-18(16)21-19(20-17)23-12-6-9-13-7-2-1-3-8-13/h1-3,6-9H,4-5,10-12H2,(H,20,21,22)/b9-6+. The molecule has 0 atom stereocenters. The Balaban J connectivity index is 1.53. The van der Waals surface area contributed by atoms with E-state index in [1.54, 1.807) is 23.1 Å². The Kier molecular flexibility index (Phi) is 4.54. The number of H-pyrrole nitrogens is 1. The van der Waals surface area contributed by atoms with Gasteiger partial charge >= 0.3 is 0 Å². The molecule has 0 bridgehead atoms. The zero-order valence-electron chi connectivity index (χ0n) is 13.2. The number of aromatic nitrogens is 2. The lowest BCUT2D eigenvalue weighted by molar-refractivity contribution is 0.700. The molecule has 0 spiro atoms. The van der Waals surface area contributed by atoms with Crippen LogP contribution in [0.4, 0.5) is 0 Å². The fourth-order valence-electron chi connectivity index (χ4n) is 3.09. The maximum atomic E-state index is 12.5. The van der Waals surface area contributed by atoms with Crippen molar-refractivity contribution in [1.29, 1.82) is 0 Å². The minimum atomic E-state index is 0.0222. The van der Waals surface area contributed by atoms with Crippen molar-refractivity contribution in [2.45, 2.75) is 30.8 Å². The minimum Gasteiger partial charge on any atom is -0.301 e. The van der Waals surface area contributed by atoms with Crippen LogP contribution in [0.2, 0.25) is 0 Å². The summed E-state index contributed by atoms with van der Waals surface area (Å²) >= 11 is 3.27. The molecule has 0 radical (unpaired) electrons. The predicted octanol–water partition coefficient (Wildman–Crippen LogP) is 4.67. The normalized spacial score (nSPS) is 14.3. The van der Waals surface area contributed by atoms with E-state index in [9.17, 15) is 4.79 Å². The summed E-state index contributed by atoms with van der Waals surface area (Å²) in [6.07, 6.45) is 8.71. The topological polar surface area (TPSA) is 45.8 Å². The Morgan fingerprint density at radius 1 is 1.21 bits per heavy atom. The number of fused-ring (bicyclic) bond motifs is 3. The summed E-state index contributed by atoms with van der Waals surface area (Å²) in [7, 11) is 0. The van der Waals surface area contributed by atoms with Crippen LogP contribution in [0.5, 0.6) is 0 Å². The number of nitrogens with one attached hydrogen (secondary N) is 1. The van der Waals surface area contributed by atoms with E-state index in [-0.39, 0.29) is 5.56 Å². The summed E-state index contributed by atoms with van der Waals surface area (Å²) in [4.78, 5) is 22.4. The number of benzene rings is 1. The van der Waals surface area contributed by atoms with Crippen molar-refractivity contribution in [2.24, 2.45) is 0 Å². The van der Waals surface area contributed by atoms with E-state index in [0.29, 0.717) is 5.16 Å². The molecule has 1 N–H and O–H groups in total. The zero-order chi connectivity index (χ0) is 16.4. The highest BCUT2D eigenvalue weighted by molar-refractivity contribution is 7.99. The van der Waals surface area contributed by atoms with Crippen molar-refractivity contribution in [1.82, 2.24) is 9.97 Å². The van der Waals surface area contributed by atoms with Gasteiger partial charge in [0.25, 0.3) is 5.56 Å². The smallest absolute Gasteiger partial charge is 0.260 e. The van der Waals surface area contributed by atoms with Crippen LogP contribution >= 0.6 is 23.1 Å². The Labute approximate surface area is 148 Å². The first-order valence-corrected chi connectivity index (χ1v) is 10.0. The minimum absolute atomic E-state index is 0.0222. The van der Waals surface area contributed by atoms with E-state index >= 15 is 0 Å². The van der Waals surface area contributed by atoms with Crippen molar-refractivity contribution in [2.75, 3.05) is 5.75 Å². The molecule has 0 aliphatic heterocycles. The van der Waals surface area contributed by atoms with Gasteiger partial charge in [0.05, 0.1) is 5.39 Å². The van der Waals surface area contributed by atoms with E-state index < -0.39 is 0 Å². The van der Waals surface area contributed by atoms with E-state index in [2.05, 4.69) is 34.3 Å². The second-order valence-corrected chi connectivity index (χ2v) is 7.98. The zero-order valence-corrected chi connectivity index (χ0v) is 14.9. The molecule has 2 heterocycles. The van der Waals surface area contributed by atoms with Gasteiger partial charge in [0.15, 0.2) is 5.16 Å². The number of thiophene rings is 1. The van der Waals surface area contributed by atoms with Crippen molar-refractivity contribution in [3.05, 3.63) is 62.8 Å². The molecule has 0 unspecified atom stereocenters. The third-order valence-electron chi connectivity index (χ3n) is 4.23. The summed E-state index contributed by atoms with van der Waals surface area (Å²) in [5.41, 5.74) is 2.45. The van der Waals surface area contributed by atoms with Gasteiger partial charge < -0.3 is 4.98 Å². The van der Waals surface area contributed by atoms with Crippen LogP contribution in [0.25, 0.3) is 16.3 Å². The molecule has 0 saturated heterocycles. The van der Waals surface area contributed by atoms with Crippen LogP contribution in [0, 0.1) is 0 Å². The van der Waals surface area contributed by atoms with Gasteiger partial charge in [0, 0.05) is 10.6 Å². The van der Waals surface area contributed by atoms with Gasteiger partial charge in [-0.05, 0) is 36.8 Å². The number of hydrogen-bond donors (Lipinski definition) is 1. The summed E-state index contributed by atoms with van der Waals surface area (Å²) in [5.74, 6) is 0.786. The number of hydrogen-bond acceptors (Lipinski definition) is 4. The van der Waals surface area contributed by atoms with Crippen LogP contribution in [0.1, 0.15) is 28.8 Å². The fourth-order valence-corrected chi connectivity index (χ4v) is 5.08. The van der Waals surface area contributed by atoms with Crippen molar-refractivity contribution < 1.29 is 0 Å². The van der Waals surface area contributed by atoms with Crippen LogP contribution in [-0.4, -0.2) is 15.7 Å². The number of aryl methyl sites for hydroxylation is 2. The highest BCUT2D eigenvalue weighted by Crippen LogP contribution is 2.34. The quantitative estimate of drug-likeness (QED) is 0.547. The molecule has 4 rings (SSSR count). The summed E-state index contributed by atoms with van der Waals surface area (Å²) in [6, 6.07) is 10.2. The fraction of sp³-hybridized carbons (Fsp3) is 0.263. The molecule has 1 aromatic carbocycles. The number of nitrogens with zero attached hydrogens (tertiary/aromatic N) is 1. The highest BCUT2D eigenvalue weighted by atomic mass is 32.2. The van der Waals surface area contributed by atoms with E-state index in [1.165, 1.54) is 28.8 Å². The van der Waals surface area contributed by atoms with Crippen LogP contribution in [0.15, 0.2) is 46.4 Å². The van der Waals surface area contributed by atoms with Crippen LogP contribution in [0.3, 0.4) is 0 Å². The summed E-state index contributed by atoms with van der Waals surface area (Å²) in [5, 5.41) is 1.54. The average Bonchev–Trinajstić information content (AvgIpc) is 2.98. The number of aromatic amines is 1. The van der Waals surface area contributed by atoms with Crippen LogP contribution in [-0.2, 0) is 12.8 Å². The molecule has 3 aromatic rings. The van der Waals surface area contributed by atoms with Gasteiger partial charge in [0.2, 0.25) is 0 Å². The largest absolute Gasteiger partial charge is 0.301 e. The van der Waals surface area contributed by atoms with E-state index in [0.717, 1.165) is 28.8 Å². The second-order valence-electron chi connectivity index (χ2n) is 5.89. The Morgan fingerprint density at radius 3 is 2.92 bits per heavy atom. The predicted molar refractivity (Wildman–Crippen MR) is 103 cm³/mol. The molecule has 3 nitrogen and oxygen atoms in total.